The Morgan fingerprint density at radius 2 is 1.80 bits per heavy atom. The molecule has 6 rings (SSSR count). The van der Waals surface area contributed by atoms with Crippen molar-refractivity contribution in [3.63, 3.8) is 0 Å². The number of benzene rings is 1. The summed E-state index contributed by atoms with van der Waals surface area (Å²) in [6.45, 7) is 8.72. The van der Waals surface area contributed by atoms with Crippen molar-refractivity contribution in [2.45, 2.75) is 39.0 Å². The number of aromatic nitrogens is 6. The Hall–Kier alpha value is -4.73. The standard InChI is InChI=1S/C31H34N8O2/c1-5-41-22-9-6-20(7-10-22)26-19(2)36-30(38-26)31(3)12-14-39(15-13-31)28-23-16-25(37-27(23)34-18-35-28)21-8-11-24(33-17-21)29(40)32-4/h6-11,16-18H,5,12-15H2,1-4H3,(H,32,40)(H,36,38)(H,34,35,37). The quantitative estimate of drug-likeness (QED) is 0.259. The van der Waals surface area contributed by atoms with Crippen molar-refractivity contribution < 1.29 is 9.53 Å². The second kappa shape index (κ2) is 10.7. The summed E-state index contributed by atoms with van der Waals surface area (Å²) in [5, 5.41) is 3.56. The minimum absolute atomic E-state index is 0.0710. The summed E-state index contributed by atoms with van der Waals surface area (Å²) in [4.78, 5) is 39.7. The molecule has 210 valence electrons. The molecule has 5 heterocycles. The summed E-state index contributed by atoms with van der Waals surface area (Å²) in [6, 6.07) is 13.8. The van der Waals surface area contributed by atoms with Crippen molar-refractivity contribution in [3.05, 3.63) is 72.2 Å². The molecule has 1 aliphatic heterocycles. The predicted molar refractivity (Wildman–Crippen MR) is 159 cm³/mol. The fourth-order valence-electron chi connectivity index (χ4n) is 5.50. The minimum atomic E-state index is -0.212. The lowest BCUT2D eigenvalue weighted by Crippen LogP contribution is -2.42. The smallest absolute Gasteiger partial charge is 0.269 e. The van der Waals surface area contributed by atoms with Crippen molar-refractivity contribution in [2.75, 3.05) is 31.6 Å². The number of amides is 1. The van der Waals surface area contributed by atoms with E-state index in [4.69, 9.17) is 9.72 Å². The number of carbonyl (C=O) groups excluding carboxylic acids is 1. The van der Waals surface area contributed by atoms with Crippen LogP contribution >= 0.6 is 0 Å². The molecule has 0 bridgehead atoms. The average Bonchev–Trinajstić information content (AvgIpc) is 3.62. The first-order valence-corrected chi connectivity index (χ1v) is 14.0. The second-order valence-electron chi connectivity index (χ2n) is 10.7. The van der Waals surface area contributed by atoms with Crippen LogP contribution in [0.3, 0.4) is 0 Å². The van der Waals surface area contributed by atoms with Crippen LogP contribution in [0.15, 0.2) is 55.0 Å². The summed E-state index contributed by atoms with van der Waals surface area (Å²) in [6.07, 6.45) is 5.19. The first-order valence-electron chi connectivity index (χ1n) is 14.0. The van der Waals surface area contributed by atoms with Gasteiger partial charge >= 0.3 is 0 Å². The number of pyridine rings is 1. The fourth-order valence-corrected chi connectivity index (χ4v) is 5.50. The van der Waals surface area contributed by atoms with E-state index < -0.39 is 0 Å². The van der Waals surface area contributed by atoms with Gasteiger partial charge in [0.15, 0.2) is 0 Å². The van der Waals surface area contributed by atoms with Crippen molar-refractivity contribution in [1.82, 2.24) is 35.2 Å². The number of aromatic amines is 2. The number of fused-ring (bicyclic) bond motifs is 1. The third-order valence-electron chi connectivity index (χ3n) is 8.00. The van der Waals surface area contributed by atoms with Gasteiger partial charge in [-0.05, 0) is 69.2 Å². The van der Waals surface area contributed by atoms with Gasteiger partial charge in [0, 0.05) is 54.3 Å². The number of piperidine rings is 1. The number of hydrogen-bond acceptors (Lipinski definition) is 7. The van der Waals surface area contributed by atoms with Crippen molar-refractivity contribution >= 4 is 22.8 Å². The van der Waals surface area contributed by atoms with Gasteiger partial charge < -0.3 is 24.9 Å². The lowest BCUT2D eigenvalue weighted by atomic mass is 9.79. The number of nitrogens with zero attached hydrogens (tertiary/aromatic N) is 5. The molecule has 10 heteroatoms. The van der Waals surface area contributed by atoms with E-state index in [1.807, 2.05) is 25.1 Å². The maximum atomic E-state index is 11.9. The van der Waals surface area contributed by atoms with Crippen LogP contribution in [0, 0.1) is 6.92 Å². The van der Waals surface area contributed by atoms with E-state index in [0.717, 1.165) is 82.6 Å². The number of ether oxygens (including phenoxy) is 1. The first-order chi connectivity index (χ1) is 19.9. The maximum absolute atomic E-state index is 11.9. The molecule has 4 aromatic heterocycles. The molecule has 1 saturated heterocycles. The zero-order chi connectivity index (χ0) is 28.6. The highest BCUT2D eigenvalue weighted by molar-refractivity contribution is 5.93. The van der Waals surface area contributed by atoms with E-state index in [2.05, 4.69) is 67.2 Å². The summed E-state index contributed by atoms with van der Waals surface area (Å²) in [5.41, 5.74) is 5.98. The van der Waals surface area contributed by atoms with Crippen LogP contribution in [0.4, 0.5) is 5.82 Å². The molecule has 0 spiro atoms. The van der Waals surface area contributed by atoms with Crippen molar-refractivity contribution in [3.8, 4) is 28.3 Å². The van der Waals surface area contributed by atoms with Gasteiger partial charge in [-0.15, -0.1) is 0 Å². The molecule has 1 amide bonds. The van der Waals surface area contributed by atoms with E-state index in [-0.39, 0.29) is 11.3 Å². The summed E-state index contributed by atoms with van der Waals surface area (Å²) >= 11 is 0. The van der Waals surface area contributed by atoms with Gasteiger partial charge in [0.05, 0.1) is 17.7 Å². The Morgan fingerprint density at radius 1 is 1.05 bits per heavy atom. The summed E-state index contributed by atoms with van der Waals surface area (Å²) < 4.78 is 5.60. The third-order valence-corrected chi connectivity index (χ3v) is 8.00. The fraction of sp³-hybridized carbons (Fsp3) is 0.323. The molecule has 0 atom stereocenters. The highest BCUT2D eigenvalue weighted by Crippen LogP contribution is 2.38. The number of aryl methyl sites for hydroxylation is 1. The molecular weight excluding hydrogens is 516 g/mol. The second-order valence-corrected chi connectivity index (χ2v) is 10.7. The van der Waals surface area contributed by atoms with Gasteiger partial charge in [0.1, 0.15) is 35.1 Å². The average molecular weight is 551 g/mol. The van der Waals surface area contributed by atoms with Gasteiger partial charge in [-0.25, -0.2) is 15.0 Å². The number of imidazole rings is 1. The number of rotatable bonds is 7. The molecule has 3 N–H and O–H groups in total. The molecule has 0 aliphatic carbocycles. The van der Waals surface area contributed by atoms with Crippen LogP contribution in [0.2, 0.25) is 0 Å². The summed E-state index contributed by atoms with van der Waals surface area (Å²) in [5.74, 6) is 2.60. The number of nitrogens with one attached hydrogen (secondary N) is 3. The molecule has 41 heavy (non-hydrogen) atoms. The Bertz CT molecular complexity index is 1680. The van der Waals surface area contributed by atoms with Gasteiger partial charge in [-0.3, -0.25) is 9.78 Å². The zero-order valence-electron chi connectivity index (χ0n) is 23.8. The van der Waals surface area contributed by atoms with E-state index in [1.165, 1.54) is 0 Å². The molecule has 1 fully saturated rings. The highest BCUT2D eigenvalue weighted by Gasteiger charge is 2.36. The Labute approximate surface area is 238 Å². The zero-order valence-corrected chi connectivity index (χ0v) is 23.8. The number of H-pyrrole nitrogens is 2. The normalized spacial score (nSPS) is 14.8. The molecule has 5 aromatic rings. The highest BCUT2D eigenvalue weighted by atomic mass is 16.5. The molecule has 10 nitrogen and oxygen atoms in total. The Balaban J connectivity index is 1.20. The van der Waals surface area contributed by atoms with Crippen molar-refractivity contribution in [2.24, 2.45) is 0 Å². The van der Waals surface area contributed by atoms with Crippen LogP contribution in [0.1, 0.15) is 48.7 Å². The maximum Gasteiger partial charge on any atom is 0.269 e. The molecule has 0 unspecified atom stereocenters. The third kappa shape index (κ3) is 5.01. The minimum Gasteiger partial charge on any atom is -0.494 e. The monoisotopic (exact) mass is 550 g/mol. The molecule has 1 aromatic carbocycles. The van der Waals surface area contributed by atoms with Gasteiger partial charge in [-0.1, -0.05) is 6.92 Å². The van der Waals surface area contributed by atoms with E-state index >= 15 is 0 Å². The van der Waals surface area contributed by atoms with E-state index in [0.29, 0.717) is 12.3 Å². The lowest BCUT2D eigenvalue weighted by molar-refractivity contribution is 0.0958. The largest absolute Gasteiger partial charge is 0.494 e. The number of hydrogen-bond donors (Lipinski definition) is 3. The molecular formula is C31H34N8O2. The molecule has 0 radical (unpaired) electrons. The Kier molecular flexibility index (Phi) is 6.90. The topological polar surface area (TPSA) is 125 Å². The van der Waals surface area contributed by atoms with Crippen LogP contribution < -0.4 is 15.0 Å². The first kappa shape index (κ1) is 26.5. The SMILES string of the molecule is CCOc1ccc(-c2nc(C3(C)CCN(c4ncnc5[nH]c(-c6ccc(C(=O)NC)nc6)cc45)CC3)[nH]c2C)cc1. The number of carbonyl (C=O) groups is 1. The van der Waals surface area contributed by atoms with Crippen LogP contribution in [-0.2, 0) is 5.41 Å². The number of anilines is 1. The molecule has 0 saturated carbocycles. The van der Waals surface area contributed by atoms with Gasteiger partial charge in [-0.2, -0.15) is 0 Å². The van der Waals surface area contributed by atoms with Gasteiger partial charge in [0.2, 0.25) is 0 Å². The van der Waals surface area contributed by atoms with Crippen LogP contribution in [-0.4, -0.2) is 62.6 Å². The Morgan fingerprint density at radius 3 is 2.49 bits per heavy atom. The lowest BCUT2D eigenvalue weighted by Gasteiger charge is -2.38. The van der Waals surface area contributed by atoms with Crippen molar-refractivity contribution in [1.29, 1.82) is 0 Å². The van der Waals surface area contributed by atoms with E-state index in [9.17, 15) is 4.79 Å². The van der Waals surface area contributed by atoms with Gasteiger partial charge in [0.25, 0.3) is 5.91 Å². The molecule has 1 aliphatic rings. The van der Waals surface area contributed by atoms with Crippen LogP contribution in [0.25, 0.3) is 33.5 Å². The van der Waals surface area contributed by atoms with Crippen LogP contribution in [0.5, 0.6) is 5.75 Å². The summed E-state index contributed by atoms with van der Waals surface area (Å²) in [7, 11) is 1.59. The van der Waals surface area contributed by atoms with E-state index in [1.54, 1.807) is 25.6 Å². The predicted octanol–water partition coefficient (Wildman–Crippen LogP) is 5.03.